The van der Waals surface area contributed by atoms with Crippen molar-refractivity contribution in [2.75, 3.05) is 0 Å². The Hall–Kier alpha value is -1.11. The smallest absolute Gasteiger partial charge is 0.244 e. The van der Waals surface area contributed by atoms with Crippen LogP contribution in [-0.2, 0) is 14.8 Å². The van der Waals surface area contributed by atoms with E-state index in [-0.39, 0.29) is 16.9 Å². The fourth-order valence-electron chi connectivity index (χ4n) is 3.76. The first-order chi connectivity index (χ1) is 10.4. The molecule has 1 aliphatic carbocycles. The van der Waals surface area contributed by atoms with Gasteiger partial charge in [0.25, 0.3) is 0 Å². The zero-order chi connectivity index (χ0) is 15.9. The fourth-order valence-corrected chi connectivity index (χ4v) is 5.94. The summed E-state index contributed by atoms with van der Waals surface area (Å²) < 4.78 is 27.4. The lowest BCUT2D eigenvalue weighted by atomic mass is 9.85. The highest BCUT2D eigenvalue weighted by molar-refractivity contribution is 7.89. The molecular weight excluding hydrogens is 324 g/mol. The number of carbonyl (C=O) groups excluding carboxylic acids is 1. The topological polar surface area (TPSA) is 80.5 Å². The van der Waals surface area contributed by atoms with E-state index in [0.717, 1.165) is 25.7 Å². The van der Waals surface area contributed by atoms with Crippen LogP contribution in [0.4, 0.5) is 0 Å². The number of primary amides is 1. The molecule has 1 aliphatic heterocycles. The van der Waals surface area contributed by atoms with Crippen molar-refractivity contribution in [3.8, 4) is 0 Å². The molecule has 0 spiro atoms. The van der Waals surface area contributed by atoms with Crippen molar-refractivity contribution in [3.63, 3.8) is 0 Å². The van der Waals surface area contributed by atoms with Gasteiger partial charge in [-0.3, -0.25) is 4.79 Å². The van der Waals surface area contributed by atoms with Crippen LogP contribution < -0.4 is 5.73 Å². The van der Waals surface area contributed by atoms with Crippen LogP contribution in [-0.4, -0.2) is 30.7 Å². The minimum absolute atomic E-state index is 0.123. The van der Waals surface area contributed by atoms with E-state index in [9.17, 15) is 13.2 Å². The summed E-state index contributed by atoms with van der Waals surface area (Å²) in [4.78, 5) is 11.9. The molecule has 0 aromatic heterocycles. The van der Waals surface area contributed by atoms with Crippen LogP contribution in [0.25, 0.3) is 0 Å². The summed E-state index contributed by atoms with van der Waals surface area (Å²) in [5, 5.41) is 0.357. The number of hydrogen-bond donors (Lipinski definition) is 1. The minimum atomic E-state index is -3.78. The normalized spacial score (nSPS) is 29.2. The maximum atomic E-state index is 13.0. The van der Waals surface area contributed by atoms with Crippen molar-refractivity contribution in [3.05, 3.63) is 29.3 Å². The highest BCUT2D eigenvalue weighted by Crippen LogP contribution is 2.42. The predicted octanol–water partition coefficient (Wildman–Crippen LogP) is 2.15. The van der Waals surface area contributed by atoms with E-state index >= 15 is 0 Å². The summed E-state index contributed by atoms with van der Waals surface area (Å²) in [7, 11) is -3.78. The average Bonchev–Trinajstić information content (AvgIpc) is 2.87. The molecule has 1 aromatic carbocycles. The van der Waals surface area contributed by atoms with Gasteiger partial charge in [0, 0.05) is 11.1 Å². The van der Waals surface area contributed by atoms with Crippen molar-refractivity contribution >= 4 is 27.5 Å². The Balaban J connectivity index is 2.04. The van der Waals surface area contributed by atoms with E-state index < -0.39 is 22.0 Å². The first-order valence-corrected chi connectivity index (χ1v) is 9.31. The van der Waals surface area contributed by atoms with Crippen LogP contribution in [0.15, 0.2) is 29.2 Å². The van der Waals surface area contributed by atoms with E-state index in [1.165, 1.54) is 16.4 Å². The van der Waals surface area contributed by atoms with Crippen LogP contribution in [0, 0.1) is 5.92 Å². The second-order valence-corrected chi connectivity index (χ2v) is 8.34. The van der Waals surface area contributed by atoms with E-state index in [1.807, 2.05) is 0 Å². The number of hydrogen-bond acceptors (Lipinski definition) is 3. The largest absolute Gasteiger partial charge is 0.368 e. The standard InChI is InChI=1S/C15H19ClN2O3S/c16-11-5-3-6-12(9-11)22(20,21)18-13-7-2-1-4-10(13)8-14(18)15(17)19/h3,5-6,9-10,13-14H,1-2,4,7-8H2,(H2,17,19)/t10-,13+,14+/m1/s1. The Bertz CT molecular complexity index is 692. The van der Waals surface area contributed by atoms with Crippen LogP contribution >= 0.6 is 11.6 Å². The van der Waals surface area contributed by atoms with Crippen molar-refractivity contribution in [1.82, 2.24) is 4.31 Å². The molecule has 1 amide bonds. The Morgan fingerprint density at radius 1 is 1.27 bits per heavy atom. The number of nitrogens with zero attached hydrogens (tertiary/aromatic N) is 1. The third-order valence-corrected chi connectivity index (χ3v) is 6.89. The van der Waals surface area contributed by atoms with Crippen LogP contribution in [0.3, 0.4) is 0 Å². The molecule has 5 nitrogen and oxygen atoms in total. The molecule has 7 heteroatoms. The van der Waals surface area contributed by atoms with Gasteiger partial charge in [0.2, 0.25) is 15.9 Å². The molecule has 1 saturated carbocycles. The Morgan fingerprint density at radius 3 is 2.68 bits per heavy atom. The van der Waals surface area contributed by atoms with Crippen molar-refractivity contribution in [1.29, 1.82) is 0 Å². The second-order valence-electron chi connectivity index (χ2n) is 6.06. The summed E-state index contributed by atoms with van der Waals surface area (Å²) in [6.45, 7) is 0. The van der Waals surface area contributed by atoms with Crippen LogP contribution in [0.2, 0.25) is 5.02 Å². The molecule has 1 aromatic rings. The molecule has 0 unspecified atom stereocenters. The molecule has 2 N–H and O–H groups in total. The zero-order valence-corrected chi connectivity index (χ0v) is 13.7. The number of halogens is 1. The maximum Gasteiger partial charge on any atom is 0.244 e. The van der Waals surface area contributed by atoms with E-state index in [0.29, 0.717) is 11.4 Å². The molecule has 1 heterocycles. The Morgan fingerprint density at radius 2 is 2.00 bits per heavy atom. The predicted molar refractivity (Wildman–Crippen MR) is 83.8 cm³/mol. The molecule has 0 bridgehead atoms. The van der Waals surface area contributed by atoms with Gasteiger partial charge in [-0.05, 0) is 43.4 Å². The molecule has 3 atom stereocenters. The number of rotatable bonds is 3. The van der Waals surface area contributed by atoms with Gasteiger partial charge in [0.15, 0.2) is 0 Å². The molecule has 22 heavy (non-hydrogen) atoms. The number of nitrogens with two attached hydrogens (primary N) is 1. The highest BCUT2D eigenvalue weighted by Gasteiger charge is 2.50. The minimum Gasteiger partial charge on any atom is -0.368 e. The van der Waals surface area contributed by atoms with Gasteiger partial charge in [-0.15, -0.1) is 0 Å². The first-order valence-electron chi connectivity index (χ1n) is 7.49. The average molecular weight is 343 g/mol. The SMILES string of the molecule is NC(=O)[C@@H]1C[C@H]2CCCC[C@@H]2N1S(=O)(=O)c1cccc(Cl)c1. The Labute approximate surface area is 135 Å². The van der Waals surface area contributed by atoms with E-state index in [2.05, 4.69) is 0 Å². The number of sulfonamides is 1. The van der Waals surface area contributed by atoms with Crippen molar-refractivity contribution in [2.24, 2.45) is 11.7 Å². The zero-order valence-electron chi connectivity index (χ0n) is 12.1. The van der Waals surface area contributed by atoms with Gasteiger partial charge < -0.3 is 5.73 Å². The number of carbonyl (C=O) groups is 1. The molecule has 2 aliphatic rings. The maximum absolute atomic E-state index is 13.0. The summed E-state index contributed by atoms with van der Waals surface area (Å²) >= 11 is 5.92. The van der Waals surface area contributed by atoms with Crippen molar-refractivity contribution in [2.45, 2.75) is 49.1 Å². The van der Waals surface area contributed by atoms with Crippen molar-refractivity contribution < 1.29 is 13.2 Å². The molecule has 1 saturated heterocycles. The Kier molecular flexibility index (Phi) is 4.18. The second kappa shape index (κ2) is 5.83. The summed E-state index contributed by atoms with van der Waals surface area (Å²) in [5.41, 5.74) is 5.48. The van der Waals surface area contributed by atoms with Crippen LogP contribution in [0.5, 0.6) is 0 Å². The van der Waals surface area contributed by atoms with E-state index in [4.69, 9.17) is 17.3 Å². The highest BCUT2D eigenvalue weighted by atomic mass is 35.5. The molecular formula is C15H19ClN2O3S. The number of amides is 1. The fraction of sp³-hybridized carbons (Fsp3) is 0.533. The number of benzene rings is 1. The van der Waals surface area contributed by atoms with Gasteiger partial charge in [-0.25, -0.2) is 8.42 Å². The summed E-state index contributed by atoms with van der Waals surface area (Å²) in [5.74, 6) is -0.347. The molecule has 0 radical (unpaired) electrons. The van der Waals surface area contributed by atoms with E-state index in [1.54, 1.807) is 12.1 Å². The molecule has 3 rings (SSSR count). The summed E-state index contributed by atoms with van der Waals surface area (Å²) in [6, 6.07) is 5.27. The lowest BCUT2D eigenvalue weighted by Gasteiger charge is -2.32. The van der Waals surface area contributed by atoms with Gasteiger partial charge in [-0.2, -0.15) is 4.31 Å². The van der Waals surface area contributed by atoms with Gasteiger partial charge >= 0.3 is 0 Å². The third kappa shape index (κ3) is 2.64. The van der Waals surface area contributed by atoms with Gasteiger partial charge in [0.05, 0.1) is 4.90 Å². The van der Waals surface area contributed by atoms with Gasteiger partial charge in [-0.1, -0.05) is 30.5 Å². The molecule has 120 valence electrons. The first kappa shape index (κ1) is 15.8. The van der Waals surface area contributed by atoms with Crippen LogP contribution in [0.1, 0.15) is 32.1 Å². The van der Waals surface area contributed by atoms with Gasteiger partial charge in [0.1, 0.15) is 6.04 Å². The lowest BCUT2D eigenvalue weighted by molar-refractivity contribution is -0.121. The third-order valence-electron chi connectivity index (χ3n) is 4.73. The molecule has 2 fully saturated rings. The number of fused-ring (bicyclic) bond motifs is 1. The monoisotopic (exact) mass is 342 g/mol. The quantitative estimate of drug-likeness (QED) is 0.913. The lowest BCUT2D eigenvalue weighted by Crippen LogP contribution is -2.48. The summed E-state index contributed by atoms with van der Waals surface area (Å²) in [6.07, 6.45) is 4.33.